The lowest BCUT2D eigenvalue weighted by atomic mass is 9.93. The number of hydrogen-bond acceptors (Lipinski definition) is 2. The lowest BCUT2D eigenvalue weighted by molar-refractivity contribution is -0.134. The number of rotatable bonds is 4. The van der Waals surface area contributed by atoms with Crippen LogP contribution in [0.2, 0.25) is 0 Å². The van der Waals surface area contributed by atoms with Gasteiger partial charge < -0.3 is 10.2 Å². The van der Waals surface area contributed by atoms with Crippen molar-refractivity contribution >= 4 is 11.8 Å². The fourth-order valence-corrected chi connectivity index (χ4v) is 3.94. The average Bonchev–Trinajstić information content (AvgIpc) is 3.52. The topological polar surface area (TPSA) is 49.4 Å². The summed E-state index contributed by atoms with van der Waals surface area (Å²) in [6, 6.07) is 5.66. The Bertz CT molecular complexity index is 718. The number of piperidine rings is 1. The molecule has 2 atom stereocenters. The Morgan fingerprint density at radius 2 is 1.69 bits per heavy atom. The Morgan fingerprint density at radius 1 is 1.12 bits per heavy atom. The van der Waals surface area contributed by atoms with Crippen LogP contribution in [0.25, 0.3) is 0 Å². The molecule has 0 bridgehead atoms. The molecule has 4 rings (SSSR count). The third kappa shape index (κ3) is 3.33. The normalized spacial score (nSPS) is 26.3. The van der Waals surface area contributed by atoms with Gasteiger partial charge in [0.25, 0.3) is 11.8 Å². The minimum Gasteiger partial charge on any atom is -0.341 e. The van der Waals surface area contributed by atoms with Crippen LogP contribution in [0.1, 0.15) is 60.9 Å². The molecule has 140 valence electrons. The molecule has 1 unspecified atom stereocenters. The van der Waals surface area contributed by atoms with Crippen LogP contribution in [0.4, 0.5) is 8.78 Å². The van der Waals surface area contributed by atoms with Gasteiger partial charge in [-0.1, -0.05) is 12.1 Å². The molecule has 1 N–H and O–H groups in total. The van der Waals surface area contributed by atoms with Crippen LogP contribution in [-0.4, -0.2) is 41.8 Å². The molecule has 26 heavy (non-hydrogen) atoms. The van der Waals surface area contributed by atoms with Crippen LogP contribution < -0.4 is 5.32 Å². The van der Waals surface area contributed by atoms with Crippen LogP contribution in [0.3, 0.4) is 0 Å². The Kier molecular flexibility index (Phi) is 4.04. The highest BCUT2D eigenvalue weighted by molar-refractivity contribution is 5.97. The zero-order valence-electron chi connectivity index (χ0n) is 14.9. The van der Waals surface area contributed by atoms with Gasteiger partial charge in [0.05, 0.1) is 5.92 Å². The molecule has 2 saturated carbocycles. The minimum atomic E-state index is -2.61. The fourth-order valence-electron chi connectivity index (χ4n) is 3.94. The van der Waals surface area contributed by atoms with E-state index < -0.39 is 17.9 Å². The van der Waals surface area contributed by atoms with Gasteiger partial charge >= 0.3 is 0 Å². The first-order chi connectivity index (χ1) is 12.3. The van der Waals surface area contributed by atoms with Crippen molar-refractivity contribution in [1.29, 1.82) is 0 Å². The summed E-state index contributed by atoms with van der Waals surface area (Å²) in [5, 5.41) is 2.73. The van der Waals surface area contributed by atoms with Crippen molar-refractivity contribution in [3.05, 3.63) is 35.4 Å². The van der Waals surface area contributed by atoms with Crippen LogP contribution in [0.5, 0.6) is 0 Å². The highest BCUT2D eigenvalue weighted by Crippen LogP contribution is 2.55. The van der Waals surface area contributed by atoms with E-state index in [4.69, 9.17) is 0 Å². The molecule has 0 radical (unpaired) electrons. The molecule has 1 heterocycles. The van der Waals surface area contributed by atoms with E-state index in [-0.39, 0.29) is 18.2 Å². The smallest absolute Gasteiger partial charge is 0.255 e. The van der Waals surface area contributed by atoms with Gasteiger partial charge in [0, 0.05) is 25.1 Å². The van der Waals surface area contributed by atoms with E-state index in [1.165, 1.54) is 12.8 Å². The largest absolute Gasteiger partial charge is 0.341 e. The summed E-state index contributed by atoms with van der Waals surface area (Å²) in [7, 11) is 0. The van der Waals surface area contributed by atoms with Crippen LogP contribution in [0.15, 0.2) is 24.3 Å². The summed E-state index contributed by atoms with van der Waals surface area (Å²) in [6.07, 6.45) is 4.56. The van der Waals surface area contributed by atoms with E-state index in [1.807, 2.05) is 4.90 Å². The third-order valence-corrected chi connectivity index (χ3v) is 6.21. The Labute approximate surface area is 151 Å². The van der Waals surface area contributed by atoms with E-state index in [2.05, 4.69) is 5.32 Å². The van der Waals surface area contributed by atoms with E-state index in [1.54, 1.807) is 31.2 Å². The monoisotopic (exact) mass is 362 g/mol. The van der Waals surface area contributed by atoms with Gasteiger partial charge in [-0.15, -0.1) is 0 Å². The molecule has 3 fully saturated rings. The van der Waals surface area contributed by atoms with Gasteiger partial charge in [0.15, 0.2) is 0 Å². The van der Waals surface area contributed by atoms with Gasteiger partial charge in [-0.25, -0.2) is 8.78 Å². The maximum atomic E-state index is 13.1. The van der Waals surface area contributed by atoms with Crippen LogP contribution >= 0.6 is 0 Å². The van der Waals surface area contributed by atoms with Gasteiger partial charge in [-0.3, -0.25) is 9.59 Å². The maximum absolute atomic E-state index is 13.1. The second-order valence-corrected chi connectivity index (χ2v) is 8.16. The van der Waals surface area contributed by atoms with Crippen molar-refractivity contribution < 1.29 is 18.4 Å². The van der Waals surface area contributed by atoms with Crippen molar-refractivity contribution in [2.75, 3.05) is 13.1 Å². The second kappa shape index (κ2) is 6.03. The lowest BCUT2D eigenvalue weighted by Crippen LogP contribution is -2.49. The van der Waals surface area contributed by atoms with Gasteiger partial charge in [-0.2, -0.15) is 0 Å². The highest BCUT2D eigenvalue weighted by Gasteiger charge is 2.57. The molecule has 0 aromatic heterocycles. The molecular formula is C20H24F2N2O2. The van der Waals surface area contributed by atoms with E-state index in [9.17, 15) is 18.4 Å². The van der Waals surface area contributed by atoms with Crippen molar-refractivity contribution in [2.45, 2.75) is 56.9 Å². The molecular weight excluding hydrogens is 338 g/mol. The maximum Gasteiger partial charge on any atom is 0.255 e. The summed E-state index contributed by atoms with van der Waals surface area (Å²) < 4.78 is 26.2. The van der Waals surface area contributed by atoms with E-state index >= 15 is 0 Å². The number of hydrogen-bond donors (Lipinski definition) is 1. The molecule has 1 saturated heterocycles. The predicted octanol–water partition coefficient (Wildman–Crippen LogP) is 3.33. The van der Waals surface area contributed by atoms with Gasteiger partial charge in [0.1, 0.15) is 6.04 Å². The third-order valence-electron chi connectivity index (χ3n) is 6.21. The Balaban J connectivity index is 1.31. The molecule has 1 spiro atoms. The van der Waals surface area contributed by atoms with Gasteiger partial charge in [0.2, 0.25) is 5.91 Å². The van der Waals surface area contributed by atoms with Crippen LogP contribution in [-0.2, 0) is 4.79 Å². The minimum absolute atomic E-state index is 0.0527. The van der Waals surface area contributed by atoms with E-state index in [0.717, 1.165) is 25.9 Å². The number of benzene rings is 1. The van der Waals surface area contributed by atoms with Gasteiger partial charge in [-0.05, 0) is 55.7 Å². The first-order valence-electron chi connectivity index (χ1n) is 9.37. The highest BCUT2D eigenvalue weighted by atomic mass is 19.3. The predicted molar refractivity (Wildman–Crippen MR) is 93.2 cm³/mol. The number of nitrogens with zero attached hydrogens (tertiary/aromatic N) is 1. The summed E-state index contributed by atoms with van der Waals surface area (Å²) in [6.45, 7) is 3.23. The zero-order valence-corrected chi connectivity index (χ0v) is 14.9. The number of nitrogens with one attached hydrogen (secondary N) is 1. The quantitative estimate of drug-likeness (QED) is 0.893. The summed E-state index contributed by atoms with van der Waals surface area (Å²) in [4.78, 5) is 26.7. The SMILES string of the molecule is C[C@@H](NC(=O)c1ccc(C2CC2(F)F)cc1)C(=O)N1CCC2(CC1)CC2. The van der Waals surface area contributed by atoms with E-state index in [0.29, 0.717) is 16.5 Å². The fraction of sp³-hybridized carbons (Fsp3) is 0.600. The van der Waals surface area contributed by atoms with Crippen molar-refractivity contribution in [3.8, 4) is 0 Å². The van der Waals surface area contributed by atoms with Crippen molar-refractivity contribution in [2.24, 2.45) is 5.41 Å². The molecule has 4 nitrogen and oxygen atoms in total. The number of amides is 2. The molecule has 3 aliphatic rings. The van der Waals surface area contributed by atoms with Crippen molar-refractivity contribution in [1.82, 2.24) is 10.2 Å². The Morgan fingerprint density at radius 3 is 2.19 bits per heavy atom. The zero-order chi connectivity index (χ0) is 18.5. The first-order valence-corrected chi connectivity index (χ1v) is 9.37. The lowest BCUT2D eigenvalue weighted by Gasteiger charge is -2.33. The summed E-state index contributed by atoms with van der Waals surface area (Å²) in [5.41, 5.74) is 1.44. The molecule has 1 aliphatic heterocycles. The molecule has 1 aromatic carbocycles. The van der Waals surface area contributed by atoms with Crippen LogP contribution in [0, 0.1) is 5.41 Å². The summed E-state index contributed by atoms with van der Waals surface area (Å²) in [5.74, 6) is -3.74. The first kappa shape index (κ1) is 17.4. The average molecular weight is 362 g/mol. The second-order valence-electron chi connectivity index (χ2n) is 8.16. The van der Waals surface area contributed by atoms with Crippen molar-refractivity contribution in [3.63, 3.8) is 0 Å². The number of carbonyl (C=O) groups is 2. The molecule has 1 aromatic rings. The standard InChI is InChI=1S/C20H24F2N2O2/c1-13(18(26)24-10-8-19(6-7-19)9-11-24)23-17(25)15-4-2-14(3-5-15)16-12-20(16,21)22/h2-5,13,16H,6-12H2,1H3,(H,23,25)/t13-,16?/m1/s1. The molecule has 2 aliphatic carbocycles. The number of alkyl halides is 2. The molecule has 2 amide bonds. The Hall–Kier alpha value is -1.98. The number of carbonyl (C=O) groups excluding carboxylic acids is 2. The number of likely N-dealkylation sites (tertiary alicyclic amines) is 1. The summed E-state index contributed by atoms with van der Waals surface area (Å²) >= 11 is 0. The number of halogens is 2. The molecule has 6 heteroatoms.